The molecule has 1 aromatic rings. The molecule has 0 radical (unpaired) electrons. The van der Waals surface area contributed by atoms with Crippen LogP contribution in [0.3, 0.4) is 0 Å². The van der Waals surface area contributed by atoms with Crippen molar-refractivity contribution in [1.82, 2.24) is 15.1 Å². The van der Waals surface area contributed by atoms with Gasteiger partial charge in [-0.3, -0.25) is 4.79 Å². The standard InChI is InChI=1S/C19H30N4O2.ClH/c1-15-9-11-23(17(12-15)13-20)18(24)8-10-21-19(25)22(2)14-16-6-4-3-5-7-16;/h3-7,15,17H,8-14,20H2,1-2H3,(H,21,25);1H. The van der Waals surface area contributed by atoms with E-state index in [1.807, 2.05) is 35.2 Å². The molecule has 7 heteroatoms. The molecule has 0 aromatic heterocycles. The lowest BCUT2D eigenvalue weighted by Crippen LogP contribution is -2.50. The molecule has 0 aliphatic carbocycles. The van der Waals surface area contributed by atoms with E-state index in [0.717, 1.165) is 24.9 Å². The first-order valence-corrected chi connectivity index (χ1v) is 9.03. The van der Waals surface area contributed by atoms with Gasteiger partial charge in [-0.25, -0.2) is 4.79 Å². The van der Waals surface area contributed by atoms with Crippen LogP contribution in [0.4, 0.5) is 4.79 Å². The zero-order chi connectivity index (χ0) is 18.2. The second kappa shape index (κ2) is 11.0. The van der Waals surface area contributed by atoms with Crippen LogP contribution < -0.4 is 11.1 Å². The Morgan fingerprint density at radius 2 is 2.00 bits per heavy atom. The largest absolute Gasteiger partial charge is 0.338 e. The highest BCUT2D eigenvalue weighted by molar-refractivity contribution is 5.85. The van der Waals surface area contributed by atoms with Crippen LogP contribution in [-0.2, 0) is 11.3 Å². The Kier molecular flexibility index (Phi) is 9.44. The smallest absolute Gasteiger partial charge is 0.317 e. The van der Waals surface area contributed by atoms with E-state index in [1.54, 1.807) is 11.9 Å². The monoisotopic (exact) mass is 382 g/mol. The van der Waals surface area contributed by atoms with Crippen molar-refractivity contribution in [2.24, 2.45) is 11.7 Å². The zero-order valence-electron chi connectivity index (χ0n) is 15.7. The van der Waals surface area contributed by atoms with Crippen molar-refractivity contribution in [2.75, 3.05) is 26.7 Å². The van der Waals surface area contributed by atoms with E-state index in [4.69, 9.17) is 5.73 Å². The summed E-state index contributed by atoms with van der Waals surface area (Å²) in [6.07, 6.45) is 2.30. The molecule has 2 rings (SSSR count). The molecule has 1 aromatic carbocycles. The Morgan fingerprint density at radius 3 is 2.65 bits per heavy atom. The maximum absolute atomic E-state index is 12.4. The Hall–Kier alpha value is -1.79. The number of nitrogens with one attached hydrogen (secondary N) is 1. The van der Waals surface area contributed by atoms with Gasteiger partial charge in [0.1, 0.15) is 0 Å². The summed E-state index contributed by atoms with van der Waals surface area (Å²) >= 11 is 0. The molecular formula is C19H31ClN4O2. The van der Waals surface area contributed by atoms with Gasteiger partial charge in [0.2, 0.25) is 5.91 Å². The number of carbonyl (C=O) groups excluding carboxylic acids is 2. The summed E-state index contributed by atoms with van der Waals surface area (Å²) in [6, 6.07) is 9.78. The highest BCUT2D eigenvalue weighted by atomic mass is 35.5. The minimum atomic E-state index is -0.167. The first kappa shape index (κ1) is 22.3. The maximum Gasteiger partial charge on any atom is 0.317 e. The molecule has 3 amide bonds. The first-order chi connectivity index (χ1) is 12.0. The number of nitrogens with zero attached hydrogens (tertiary/aromatic N) is 2. The zero-order valence-corrected chi connectivity index (χ0v) is 16.5. The summed E-state index contributed by atoms with van der Waals surface area (Å²) in [4.78, 5) is 28.1. The molecule has 2 atom stereocenters. The maximum atomic E-state index is 12.4. The van der Waals surface area contributed by atoms with Crippen molar-refractivity contribution >= 4 is 24.3 Å². The average molecular weight is 383 g/mol. The molecule has 0 bridgehead atoms. The molecule has 3 N–H and O–H groups in total. The van der Waals surface area contributed by atoms with Crippen LogP contribution >= 0.6 is 12.4 Å². The molecule has 1 fully saturated rings. The summed E-state index contributed by atoms with van der Waals surface area (Å²) in [5.41, 5.74) is 6.89. The van der Waals surface area contributed by atoms with Crippen LogP contribution in [0.5, 0.6) is 0 Å². The fourth-order valence-electron chi connectivity index (χ4n) is 3.29. The number of hydrogen-bond donors (Lipinski definition) is 2. The van der Waals surface area contributed by atoms with E-state index in [0.29, 0.717) is 32.0 Å². The van der Waals surface area contributed by atoms with Gasteiger partial charge in [0.05, 0.1) is 0 Å². The molecule has 6 nitrogen and oxygen atoms in total. The number of hydrogen-bond acceptors (Lipinski definition) is 3. The second-order valence-corrected chi connectivity index (χ2v) is 6.93. The van der Waals surface area contributed by atoms with E-state index in [-0.39, 0.29) is 30.4 Å². The fourth-order valence-corrected chi connectivity index (χ4v) is 3.29. The third-order valence-corrected chi connectivity index (χ3v) is 4.79. The summed E-state index contributed by atoms with van der Waals surface area (Å²) in [5.74, 6) is 0.692. The van der Waals surface area contributed by atoms with Crippen LogP contribution in [0.15, 0.2) is 30.3 Å². The number of piperidine rings is 1. The molecule has 1 aliphatic heterocycles. The summed E-state index contributed by atoms with van der Waals surface area (Å²) in [6.45, 7) is 4.36. The molecular weight excluding hydrogens is 352 g/mol. The van der Waals surface area contributed by atoms with Crippen LogP contribution in [0, 0.1) is 5.92 Å². The molecule has 1 saturated heterocycles. The molecule has 146 valence electrons. The highest BCUT2D eigenvalue weighted by Gasteiger charge is 2.28. The number of urea groups is 1. The number of halogens is 1. The molecule has 2 unspecified atom stereocenters. The minimum Gasteiger partial charge on any atom is -0.338 e. The summed E-state index contributed by atoms with van der Waals surface area (Å²) < 4.78 is 0. The van der Waals surface area contributed by atoms with Gasteiger partial charge in [-0.1, -0.05) is 37.3 Å². The average Bonchev–Trinajstić information content (AvgIpc) is 2.62. The van der Waals surface area contributed by atoms with E-state index in [9.17, 15) is 9.59 Å². The van der Waals surface area contributed by atoms with Crippen molar-refractivity contribution in [3.63, 3.8) is 0 Å². The lowest BCUT2D eigenvalue weighted by molar-refractivity contribution is -0.135. The predicted molar refractivity (Wildman–Crippen MR) is 106 cm³/mol. The number of likely N-dealkylation sites (tertiary alicyclic amines) is 1. The number of benzene rings is 1. The normalized spacial score (nSPS) is 19.4. The van der Waals surface area contributed by atoms with Gasteiger partial charge < -0.3 is 20.9 Å². The van der Waals surface area contributed by atoms with Crippen molar-refractivity contribution in [3.8, 4) is 0 Å². The second-order valence-electron chi connectivity index (χ2n) is 6.93. The quantitative estimate of drug-likeness (QED) is 0.791. The summed E-state index contributed by atoms with van der Waals surface area (Å²) in [7, 11) is 1.75. The topological polar surface area (TPSA) is 78.7 Å². The SMILES string of the molecule is CC1CCN(C(=O)CCNC(=O)N(C)Cc2ccccc2)C(CN)C1.Cl. The molecule has 0 spiro atoms. The number of rotatable bonds is 6. The lowest BCUT2D eigenvalue weighted by atomic mass is 9.92. The van der Waals surface area contributed by atoms with Crippen molar-refractivity contribution in [1.29, 1.82) is 0 Å². The predicted octanol–water partition coefficient (Wildman–Crippen LogP) is 2.23. The fraction of sp³-hybridized carbons (Fsp3) is 0.579. The first-order valence-electron chi connectivity index (χ1n) is 9.03. The third-order valence-electron chi connectivity index (χ3n) is 4.79. The lowest BCUT2D eigenvalue weighted by Gasteiger charge is -2.38. The van der Waals surface area contributed by atoms with Crippen LogP contribution in [-0.4, -0.2) is 54.5 Å². The van der Waals surface area contributed by atoms with Crippen LogP contribution in [0.1, 0.15) is 31.7 Å². The summed E-state index contributed by atoms with van der Waals surface area (Å²) in [5, 5.41) is 2.82. The van der Waals surface area contributed by atoms with Gasteiger partial charge >= 0.3 is 6.03 Å². The van der Waals surface area contributed by atoms with Gasteiger partial charge in [-0.2, -0.15) is 0 Å². The van der Waals surface area contributed by atoms with E-state index in [1.165, 1.54) is 0 Å². The van der Waals surface area contributed by atoms with Crippen LogP contribution in [0.2, 0.25) is 0 Å². The Balaban J connectivity index is 0.00000338. The molecule has 0 saturated carbocycles. The van der Waals surface area contributed by atoms with Gasteiger partial charge in [0, 0.05) is 45.7 Å². The van der Waals surface area contributed by atoms with Crippen molar-refractivity contribution < 1.29 is 9.59 Å². The van der Waals surface area contributed by atoms with Crippen molar-refractivity contribution in [3.05, 3.63) is 35.9 Å². The number of amides is 3. The molecule has 26 heavy (non-hydrogen) atoms. The minimum absolute atomic E-state index is 0. The highest BCUT2D eigenvalue weighted by Crippen LogP contribution is 2.22. The molecule has 1 aliphatic rings. The van der Waals surface area contributed by atoms with Gasteiger partial charge in [0.15, 0.2) is 0 Å². The number of nitrogens with two attached hydrogens (primary N) is 1. The van der Waals surface area contributed by atoms with E-state index in [2.05, 4.69) is 12.2 Å². The van der Waals surface area contributed by atoms with Crippen molar-refractivity contribution in [2.45, 2.75) is 38.8 Å². The van der Waals surface area contributed by atoms with E-state index < -0.39 is 0 Å². The Bertz CT molecular complexity index is 570. The Morgan fingerprint density at radius 1 is 1.31 bits per heavy atom. The van der Waals surface area contributed by atoms with Gasteiger partial charge in [0.25, 0.3) is 0 Å². The van der Waals surface area contributed by atoms with Gasteiger partial charge in [-0.05, 0) is 24.3 Å². The molecule has 1 heterocycles. The number of carbonyl (C=O) groups is 2. The van der Waals surface area contributed by atoms with Crippen LogP contribution in [0.25, 0.3) is 0 Å². The third kappa shape index (κ3) is 6.50. The Labute approximate surface area is 162 Å². The van der Waals surface area contributed by atoms with E-state index >= 15 is 0 Å². The van der Waals surface area contributed by atoms with Gasteiger partial charge in [-0.15, -0.1) is 12.4 Å².